The Morgan fingerprint density at radius 2 is 2.04 bits per heavy atom. The summed E-state index contributed by atoms with van der Waals surface area (Å²) in [5.41, 5.74) is 4.08. The fourth-order valence-corrected chi connectivity index (χ4v) is 3.41. The number of anilines is 1. The van der Waals surface area contributed by atoms with Gasteiger partial charge in [0.15, 0.2) is 5.82 Å². The molecule has 0 bridgehead atoms. The summed E-state index contributed by atoms with van der Waals surface area (Å²) in [7, 11) is 0. The molecule has 0 saturated heterocycles. The predicted octanol–water partition coefficient (Wildman–Crippen LogP) is 2.35. The van der Waals surface area contributed by atoms with Crippen molar-refractivity contribution in [2.24, 2.45) is 0 Å². The van der Waals surface area contributed by atoms with E-state index in [-0.39, 0.29) is 11.5 Å². The molecule has 1 amide bonds. The molecule has 0 fully saturated rings. The van der Waals surface area contributed by atoms with Crippen molar-refractivity contribution in [1.82, 2.24) is 19.9 Å². The molecule has 0 unspecified atom stereocenters. The molecule has 0 spiro atoms. The van der Waals surface area contributed by atoms with Gasteiger partial charge in [0.1, 0.15) is 5.69 Å². The van der Waals surface area contributed by atoms with Crippen molar-refractivity contribution in [2.75, 3.05) is 11.9 Å². The maximum absolute atomic E-state index is 12.5. The zero-order valence-corrected chi connectivity index (χ0v) is 15.6. The molecule has 0 saturated carbocycles. The number of H-pyrrole nitrogens is 1. The minimum atomic E-state index is -0.0830. The smallest absolute Gasteiger partial charge is 0.254 e. The van der Waals surface area contributed by atoms with Crippen LogP contribution >= 0.6 is 0 Å². The average molecular weight is 375 g/mol. The number of aromatic nitrogens is 3. The van der Waals surface area contributed by atoms with Crippen LogP contribution in [0.5, 0.6) is 0 Å². The SMILES string of the molecule is CC(=O)Nc1ccc(CN2CCc3c(nc(-c4ccccn4)[nH]c3=O)C2)cc1. The van der Waals surface area contributed by atoms with E-state index in [0.717, 1.165) is 35.6 Å². The quantitative estimate of drug-likeness (QED) is 0.730. The Balaban J connectivity index is 1.52. The van der Waals surface area contributed by atoms with Crippen LogP contribution in [0.25, 0.3) is 11.5 Å². The van der Waals surface area contributed by atoms with E-state index < -0.39 is 0 Å². The highest BCUT2D eigenvalue weighted by Crippen LogP contribution is 2.20. The monoisotopic (exact) mass is 375 g/mol. The highest BCUT2D eigenvalue weighted by molar-refractivity contribution is 5.88. The Kier molecular flexibility index (Phi) is 4.99. The van der Waals surface area contributed by atoms with Gasteiger partial charge in [-0.05, 0) is 36.2 Å². The van der Waals surface area contributed by atoms with Gasteiger partial charge in [-0.1, -0.05) is 18.2 Å². The van der Waals surface area contributed by atoms with E-state index in [9.17, 15) is 9.59 Å². The number of rotatable bonds is 4. The Bertz CT molecular complexity index is 1040. The van der Waals surface area contributed by atoms with Gasteiger partial charge in [-0.3, -0.25) is 19.5 Å². The molecule has 0 radical (unpaired) electrons. The third kappa shape index (κ3) is 3.99. The van der Waals surface area contributed by atoms with Gasteiger partial charge in [-0.15, -0.1) is 0 Å². The molecule has 28 heavy (non-hydrogen) atoms. The van der Waals surface area contributed by atoms with Crippen LogP contribution < -0.4 is 10.9 Å². The van der Waals surface area contributed by atoms with Gasteiger partial charge in [0.25, 0.3) is 5.56 Å². The summed E-state index contributed by atoms with van der Waals surface area (Å²) < 4.78 is 0. The molecule has 2 aromatic heterocycles. The summed E-state index contributed by atoms with van der Waals surface area (Å²) in [6.07, 6.45) is 2.36. The summed E-state index contributed by atoms with van der Waals surface area (Å²) in [6, 6.07) is 13.4. The van der Waals surface area contributed by atoms with Crippen molar-refractivity contribution in [3.8, 4) is 11.5 Å². The lowest BCUT2D eigenvalue weighted by Crippen LogP contribution is -2.35. The topological polar surface area (TPSA) is 91.0 Å². The van der Waals surface area contributed by atoms with Crippen molar-refractivity contribution in [1.29, 1.82) is 0 Å². The lowest BCUT2D eigenvalue weighted by atomic mass is 10.1. The minimum absolute atomic E-state index is 0.0787. The van der Waals surface area contributed by atoms with Gasteiger partial charge >= 0.3 is 0 Å². The average Bonchev–Trinajstić information content (AvgIpc) is 2.69. The van der Waals surface area contributed by atoms with Gasteiger partial charge in [0.2, 0.25) is 5.91 Å². The Morgan fingerprint density at radius 3 is 2.75 bits per heavy atom. The summed E-state index contributed by atoms with van der Waals surface area (Å²) in [5.74, 6) is 0.422. The van der Waals surface area contributed by atoms with Crippen molar-refractivity contribution in [3.05, 3.63) is 75.8 Å². The van der Waals surface area contributed by atoms with Crippen LogP contribution in [0.1, 0.15) is 23.7 Å². The number of hydrogen-bond acceptors (Lipinski definition) is 5. The number of hydrogen-bond donors (Lipinski definition) is 2. The maximum Gasteiger partial charge on any atom is 0.254 e. The molecular weight excluding hydrogens is 354 g/mol. The van der Waals surface area contributed by atoms with Crippen LogP contribution in [0, 0.1) is 0 Å². The Labute approximate surface area is 162 Å². The first-order chi connectivity index (χ1) is 13.6. The first-order valence-electron chi connectivity index (χ1n) is 9.21. The molecule has 7 heteroatoms. The van der Waals surface area contributed by atoms with E-state index in [1.807, 2.05) is 42.5 Å². The second-order valence-corrected chi connectivity index (χ2v) is 6.89. The van der Waals surface area contributed by atoms with Gasteiger partial charge in [0, 0.05) is 44.0 Å². The van der Waals surface area contributed by atoms with Gasteiger partial charge in [-0.25, -0.2) is 4.98 Å². The molecule has 3 aromatic rings. The summed E-state index contributed by atoms with van der Waals surface area (Å²) >= 11 is 0. The highest BCUT2D eigenvalue weighted by atomic mass is 16.1. The van der Waals surface area contributed by atoms with E-state index in [0.29, 0.717) is 24.5 Å². The highest BCUT2D eigenvalue weighted by Gasteiger charge is 2.21. The largest absolute Gasteiger partial charge is 0.326 e. The predicted molar refractivity (Wildman–Crippen MR) is 107 cm³/mol. The van der Waals surface area contributed by atoms with Crippen LogP contribution in [-0.4, -0.2) is 32.3 Å². The number of benzene rings is 1. The molecule has 142 valence electrons. The number of aromatic amines is 1. The number of amides is 1. The summed E-state index contributed by atoms with van der Waals surface area (Å²) in [6.45, 7) is 3.67. The molecule has 4 rings (SSSR count). The Hall–Kier alpha value is -3.32. The molecule has 1 aliphatic rings. The van der Waals surface area contributed by atoms with Gasteiger partial charge < -0.3 is 10.3 Å². The fourth-order valence-electron chi connectivity index (χ4n) is 3.41. The van der Waals surface area contributed by atoms with Crippen LogP contribution in [0.15, 0.2) is 53.5 Å². The van der Waals surface area contributed by atoms with E-state index in [1.54, 1.807) is 6.20 Å². The minimum Gasteiger partial charge on any atom is -0.326 e. The number of pyridine rings is 1. The Morgan fingerprint density at radius 1 is 1.21 bits per heavy atom. The van der Waals surface area contributed by atoms with E-state index in [2.05, 4.69) is 25.2 Å². The lowest BCUT2D eigenvalue weighted by Gasteiger charge is -2.27. The molecule has 1 aliphatic heterocycles. The third-order valence-electron chi connectivity index (χ3n) is 4.74. The van der Waals surface area contributed by atoms with E-state index in [4.69, 9.17) is 0 Å². The number of carbonyl (C=O) groups is 1. The first kappa shape index (κ1) is 18.1. The lowest BCUT2D eigenvalue weighted by molar-refractivity contribution is -0.114. The molecule has 2 N–H and O–H groups in total. The van der Waals surface area contributed by atoms with Gasteiger partial charge in [-0.2, -0.15) is 0 Å². The van der Waals surface area contributed by atoms with Crippen molar-refractivity contribution < 1.29 is 4.79 Å². The summed E-state index contributed by atoms with van der Waals surface area (Å²) in [5, 5.41) is 2.77. The fraction of sp³-hybridized carbons (Fsp3) is 0.238. The second kappa shape index (κ2) is 7.74. The zero-order valence-electron chi connectivity index (χ0n) is 15.6. The maximum atomic E-state index is 12.5. The third-order valence-corrected chi connectivity index (χ3v) is 4.74. The van der Waals surface area contributed by atoms with Crippen molar-refractivity contribution in [2.45, 2.75) is 26.4 Å². The first-order valence-corrected chi connectivity index (χ1v) is 9.21. The second-order valence-electron chi connectivity index (χ2n) is 6.89. The van der Waals surface area contributed by atoms with Gasteiger partial charge in [0.05, 0.1) is 5.69 Å². The molecule has 0 atom stereocenters. The van der Waals surface area contributed by atoms with Crippen molar-refractivity contribution in [3.63, 3.8) is 0 Å². The number of fused-ring (bicyclic) bond motifs is 1. The molecule has 3 heterocycles. The molecule has 7 nitrogen and oxygen atoms in total. The van der Waals surface area contributed by atoms with E-state index in [1.165, 1.54) is 6.92 Å². The number of nitrogens with one attached hydrogen (secondary N) is 2. The van der Waals surface area contributed by atoms with Crippen LogP contribution in [0.2, 0.25) is 0 Å². The van der Waals surface area contributed by atoms with E-state index >= 15 is 0 Å². The number of carbonyl (C=O) groups excluding carboxylic acids is 1. The normalized spacial score (nSPS) is 13.8. The van der Waals surface area contributed by atoms with Crippen LogP contribution in [0.3, 0.4) is 0 Å². The molecule has 1 aromatic carbocycles. The number of nitrogens with zero attached hydrogens (tertiary/aromatic N) is 3. The molecule has 0 aliphatic carbocycles. The zero-order chi connectivity index (χ0) is 19.5. The standard InChI is InChI=1S/C21H21N5O2/c1-14(27)23-16-7-5-15(6-8-16)12-26-11-9-17-19(13-26)24-20(25-21(17)28)18-4-2-3-10-22-18/h2-8,10H,9,11-13H2,1H3,(H,23,27)(H,24,25,28). The van der Waals surface area contributed by atoms with Crippen LogP contribution in [0.4, 0.5) is 5.69 Å². The molecular formula is C21H21N5O2. The summed E-state index contributed by atoms with van der Waals surface area (Å²) in [4.78, 5) is 37.7. The van der Waals surface area contributed by atoms with Crippen molar-refractivity contribution >= 4 is 11.6 Å². The van der Waals surface area contributed by atoms with Crippen LogP contribution in [-0.2, 0) is 24.3 Å².